The minimum absolute atomic E-state index is 0.134. The molecule has 2 saturated heterocycles. The van der Waals surface area contributed by atoms with E-state index in [1.165, 1.54) is 4.90 Å². The van der Waals surface area contributed by atoms with Crippen molar-refractivity contribution in [1.82, 2.24) is 15.5 Å². The summed E-state index contributed by atoms with van der Waals surface area (Å²) in [7, 11) is 0. The van der Waals surface area contributed by atoms with E-state index < -0.39 is 23.1 Å². The van der Waals surface area contributed by atoms with E-state index in [0.717, 1.165) is 6.21 Å². The number of nitrogens with zero attached hydrogens (tertiary/aromatic N) is 2. The van der Waals surface area contributed by atoms with E-state index in [4.69, 9.17) is 10.1 Å². The van der Waals surface area contributed by atoms with Crippen molar-refractivity contribution in [3.05, 3.63) is 53.2 Å². The standard InChI is InChI=1S/C31H35N5O6/c1-30(2,3)42-29(41)35-14-12-31(4,13-15-35)33-17-18(16-32)26(38)20-8-9-22-25-19(20)6-5-7-21(25)28(40)36(22)23-10-11-24(37)34-27(23)39/h5-9,16-17,23,32-33H,10-15H2,1-4H3,(H,34,37,39)/b18-17+,32-16?. The van der Waals surface area contributed by atoms with Gasteiger partial charge in [0.15, 0.2) is 5.78 Å². The zero-order valence-corrected chi connectivity index (χ0v) is 24.2. The third kappa shape index (κ3) is 5.38. The van der Waals surface area contributed by atoms with Crippen LogP contribution < -0.4 is 15.5 Å². The van der Waals surface area contributed by atoms with E-state index in [9.17, 15) is 24.0 Å². The van der Waals surface area contributed by atoms with Gasteiger partial charge in [-0.2, -0.15) is 0 Å². The average Bonchev–Trinajstić information content (AvgIpc) is 3.21. The number of carbonyl (C=O) groups excluding carboxylic acids is 5. The summed E-state index contributed by atoms with van der Waals surface area (Å²) in [5.74, 6) is -1.63. The van der Waals surface area contributed by atoms with E-state index >= 15 is 0 Å². The summed E-state index contributed by atoms with van der Waals surface area (Å²) in [4.78, 5) is 66.9. The number of ketones is 1. The minimum Gasteiger partial charge on any atom is -0.444 e. The highest BCUT2D eigenvalue weighted by Gasteiger charge is 2.41. The number of likely N-dealkylation sites (tertiary alicyclic amines) is 1. The molecule has 11 nitrogen and oxygen atoms in total. The molecule has 3 aliphatic rings. The normalized spacial score (nSPS) is 20.4. The van der Waals surface area contributed by atoms with Crippen molar-refractivity contribution in [2.45, 2.75) is 70.6 Å². The van der Waals surface area contributed by atoms with Crippen molar-refractivity contribution < 1.29 is 28.7 Å². The summed E-state index contributed by atoms with van der Waals surface area (Å²) in [6.45, 7) is 8.48. The van der Waals surface area contributed by atoms with Gasteiger partial charge in [-0.25, -0.2) is 4.79 Å². The molecule has 2 fully saturated rings. The molecule has 0 spiro atoms. The van der Waals surface area contributed by atoms with Gasteiger partial charge < -0.3 is 20.4 Å². The van der Waals surface area contributed by atoms with Gasteiger partial charge in [-0.1, -0.05) is 12.1 Å². The van der Waals surface area contributed by atoms with Gasteiger partial charge in [0.05, 0.1) is 11.3 Å². The van der Waals surface area contributed by atoms with Crippen LogP contribution in [0.2, 0.25) is 0 Å². The number of imide groups is 1. The van der Waals surface area contributed by atoms with E-state index in [1.807, 2.05) is 27.7 Å². The van der Waals surface area contributed by atoms with Crippen molar-refractivity contribution in [2.24, 2.45) is 0 Å². The molecule has 3 heterocycles. The summed E-state index contributed by atoms with van der Waals surface area (Å²) >= 11 is 0. The number of benzene rings is 2. The van der Waals surface area contributed by atoms with Gasteiger partial charge >= 0.3 is 6.09 Å². The Hall–Kier alpha value is -4.54. The number of carbonyl (C=O) groups is 5. The first-order chi connectivity index (χ1) is 19.8. The first kappa shape index (κ1) is 29.0. The van der Waals surface area contributed by atoms with Crippen LogP contribution in [0.3, 0.4) is 0 Å². The van der Waals surface area contributed by atoms with Crippen molar-refractivity contribution in [1.29, 1.82) is 5.41 Å². The molecule has 2 aromatic rings. The molecule has 0 aromatic heterocycles. The molecule has 0 radical (unpaired) electrons. The Labute approximate surface area is 243 Å². The Bertz CT molecular complexity index is 1550. The van der Waals surface area contributed by atoms with Crippen LogP contribution in [0.15, 0.2) is 42.1 Å². The molecule has 220 valence electrons. The van der Waals surface area contributed by atoms with Crippen molar-refractivity contribution in [3.63, 3.8) is 0 Å². The van der Waals surface area contributed by atoms with Gasteiger partial charge in [-0.05, 0) is 70.5 Å². The zero-order chi connectivity index (χ0) is 30.4. The second-order valence-electron chi connectivity index (χ2n) is 12.2. The fourth-order valence-electron chi connectivity index (χ4n) is 5.68. The predicted molar refractivity (Wildman–Crippen MR) is 157 cm³/mol. The molecular weight excluding hydrogens is 538 g/mol. The third-order valence-electron chi connectivity index (χ3n) is 8.01. The molecule has 5 rings (SSSR count). The highest BCUT2D eigenvalue weighted by Crippen LogP contribution is 2.41. The summed E-state index contributed by atoms with van der Waals surface area (Å²) in [5, 5.41) is 14.7. The number of amides is 4. The van der Waals surface area contributed by atoms with Crippen LogP contribution in [0.1, 0.15) is 74.1 Å². The molecule has 0 saturated carbocycles. The van der Waals surface area contributed by atoms with Crippen LogP contribution in [0.25, 0.3) is 10.8 Å². The number of piperidine rings is 2. The molecule has 11 heteroatoms. The lowest BCUT2D eigenvalue weighted by atomic mass is 9.89. The van der Waals surface area contributed by atoms with Crippen molar-refractivity contribution >= 4 is 52.3 Å². The van der Waals surface area contributed by atoms with E-state index in [-0.39, 0.29) is 42.1 Å². The van der Waals surface area contributed by atoms with Gasteiger partial charge in [0.25, 0.3) is 5.91 Å². The average molecular weight is 574 g/mol. The maximum atomic E-state index is 13.7. The quantitative estimate of drug-likeness (QED) is 0.206. The maximum absolute atomic E-state index is 13.7. The number of hydrogen-bond acceptors (Lipinski definition) is 8. The Morgan fingerprint density at radius 1 is 1.12 bits per heavy atom. The molecule has 0 bridgehead atoms. The summed E-state index contributed by atoms with van der Waals surface area (Å²) < 4.78 is 5.48. The van der Waals surface area contributed by atoms with Crippen molar-refractivity contribution in [3.8, 4) is 0 Å². The highest BCUT2D eigenvalue weighted by atomic mass is 16.6. The minimum atomic E-state index is -0.823. The van der Waals surface area contributed by atoms with Gasteiger partial charge in [0.1, 0.15) is 11.6 Å². The Kier molecular flexibility index (Phi) is 7.38. The van der Waals surface area contributed by atoms with Crippen LogP contribution in [-0.2, 0) is 14.3 Å². The van der Waals surface area contributed by atoms with Crippen molar-refractivity contribution in [2.75, 3.05) is 18.0 Å². The predicted octanol–water partition coefficient (Wildman–Crippen LogP) is 3.70. The summed E-state index contributed by atoms with van der Waals surface area (Å²) in [6.07, 6.45) is 3.80. The first-order valence-electron chi connectivity index (χ1n) is 14.1. The Morgan fingerprint density at radius 3 is 2.48 bits per heavy atom. The van der Waals surface area contributed by atoms with E-state index in [2.05, 4.69) is 10.6 Å². The van der Waals surface area contributed by atoms with Gasteiger partial charge in [-0.3, -0.25) is 29.4 Å². The van der Waals surface area contributed by atoms with Gasteiger partial charge in [-0.15, -0.1) is 0 Å². The zero-order valence-electron chi connectivity index (χ0n) is 24.2. The topological polar surface area (TPSA) is 149 Å². The summed E-state index contributed by atoms with van der Waals surface area (Å²) in [5.41, 5.74) is 0.387. The molecule has 0 aliphatic carbocycles. The second-order valence-corrected chi connectivity index (χ2v) is 12.2. The van der Waals surface area contributed by atoms with Crippen LogP contribution in [-0.4, -0.2) is 71.0 Å². The lowest BCUT2D eigenvalue weighted by Crippen LogP contribution is -2.53. The fourth-order valence-corrected chi connectivity index (χ4v) is 5.68. The SMILES string of the molecule is CC1(N/C=C(\C=N)C(=O)c2ccc3c4c(cccc24)C(=O)N3C2CCC(=O)NC2=O)CCN(C(=O)OC(C)(C)C)CC1. The lowest BCUT2D eigenvalue weighted by Gasteiger charge is -2.40. The number of nitrogens with one attached hydrogen (secondary N) is 3. The number of anilines is 1. The molecule has 1 atom stereocenters. The van der Waals surface area contributed by atoms with E-state index in [1.54, 1.807) is 41.4 Å². The maximum Gasteiger partial charge on any atom is 0.410 e. The van der Waals surface area contributed by atoms with Crippen LogP contribution in [0, 0.1) is 5.41 Å². The largest absolute Gasteiger partial charge is 0.444 e. The summed E-state index contributed by atoms with van der Waals surface area (Å²) in [6, 6.07) is 7.54. The second kappa shape index (κ2) is 10.7. The van der Waals surface area contributed by atoms with Crippen LogP contribution >= 0.6 is 0 Å². The molecule has 2 aromatic carbocycles. The Balaban J connectivity index is 1.36. The van der Waals surface area contributed by atoms with Gasteiger partial charge in [0, 0.05) is 54.0 Å². The monoisotopic (exact) mass is 573 g/mol. The number of ether oxygens (including phenoxy) is 1. The van der Waals surface area contributed by atoms with Crippen LogP contribution in [0.4, 0.5) is 10.5 Å². The number of rotatable bonds is 6. The molecule has 3 aliphatic heterocycles. The first-order valence-corrected chi connectivity index (χ1v) is 14.1. The number of allylic oxidation sites excluding steroid dienone is 1. The lowest BCUT2D eigenvalue weighted by molar-refractivity contribution is -0.134. The Morgan fingerprint density at radius 2 is 1.83 bits per heavy atom. The smallest absolute Gasteiger partial charge is 0.410 e. The third-order valence-corrected chi connectivity index (χ3v) is 8.01. The number of hydrogen-bond donors (Lipinski definition) is 3. The van der Waals surface area contributed by atoms with E-state index in [0.29, 0.717) is 53.5 Å². The molecule has 1 unspecified atom stereocenters. The van der Waals surface area contributed by atoms with Crippen LogP contribution in [0.5, 0.6) is 0 Å². The fraction of sp³-hybridized carbons (Fsp3) is 0.419. The highest BCUT2D eigenvalue weighted by molar-refractivity contribution is 6.32. The van der Waals surface area contributed by atoms with Gasteiger partial charge in [0.2, 0.25) is 11.8 Å². The molecular formula is C31H35N5O6. The molecule has 4 amide bonds. The molecule has 42 heavy (non-hydrogen) atoms. The number of Topliss-reactive ketones (excluding diaryl/α,β-unsaturated/α-hetero) is 1. The molecule has 3 N–H and O–H groups in total.